The zero-order valence-electron chi connectivity index (χ0n) is 29.0. The standard InChI is InChI=1S/C50H29N3S/c1-2-14-30(15-3-1)31-16-12-17-32(28-31)40-29-43(52-50-37(40)24-13-27-51-50)53-41-25-10-8-22-38(41)46-44-35-20-6-4-18-33(35)34-19-5-7-21-36(34)45(44)47-39-23-9-11-26-42(39)54-49(47)48(46)53/h1-29H. The maximum Gasteiger partial charge on any atom is 0.162 e. The van der Waals surface area contributed by atoms with Gasteiger partial charge in [-0.05, 0) is 80.2 Å². The lowest BCUT2D eigenvalue weighted by Crippen LogP contribution is -2.00. The average molecular weight is 704 g/mol. The van der Waals surface area contributed by atoms with Crippen LogP contribution in [0, 0.1) is 0 Å². The molecule has 0 spiro atoms. The fraction of sp³-hybridized carbons (Fsp3) is 0. The van der Waals surface area contributed by atoms with Crippen molar-refractivity contribution in [3.05, 3.63) is 176 Å². The summed E-state index contributed by atoms with van der Waals surface area (Å²) < 4.78 is 4.97. The number of rotatable bonds is 3. The van der Waals surface area contributed by atoms with Crippen molar-refractivity contribution >= 4 is 96.7 Å². The second kappa shape index (κ2) is 11.3. The first kappa shape index (κ1) is 29.7. The van der Waals surface area contributed by atoms with Crippen LogP contribution in [0.15, 0.2) is 176 Å². The molecule has 12 rings (SSSR count). The van der Waals surface area contributed by atoms with Gasteiger partial charge in [0.1, 0.15) is 5.82 Å². The normalized spacial score (nSPS) is 12.1. The lowest BCUT2D eigenvalue weighted by molar-refractivity contribution is 1.09. The zero-order valence-corrected chi connectivity index (χ0v) is 29.8. The molecule has 4 heterocycles. The smallest absolute Gasteiger partial charge is 0.162 e. The quantitative estimate of drug-likeness (QED) is 0.172. The molecule has 0 atom stereocenters. The zero-order chi connectivity index (χ0) is 35.3. The SMILES string of the molecule is c1ccc(-c2cccc(-c3cc(-n4c5ccccc5c5c6c7ccccc7c7ccccc7c6c6c7ccccc7sc6c54)nc4ncccc34)c2)cc1. The topological polar surface area (TPSA) is 30.7 Å². The summed E-state index contributed by atoms with van der Waals surface area (Å²) in [5.41, 5.74) is 7.65. The lowest BCUT2D eigenvalue weighted by atomic mass is 9.89. The Bertz CT molecular complexity index is 3500. The van der Waals surface area contributed by atoms with Crippen molar-refractivity contribution in [1.29, 1.82) is 0 Å². The monoisotopic (exact) mass is 703 g/mol. The predicted octanol–water partition coefficient (Wildman–Crippen LogP) is 13.9. The van der Waals surface area contributed by atoms with E-state index in [4.69, 9.17) is 9.97 Å². The van der Waals surface area contributed by atoms with Gasteiger partial charge in [0.05, 0.1) is 15.7 Å². The highest BCUT2D eigenvalue weighted by Gasteiger charge is 2.25. The second-order valence-corrected chi connectivity index (χ2v) is 15.1. The highest BCUT2D eigenvalue weighted by molar-refractivity contribution is 7.27. The number of thiophene rings is 1. The van der Waals surface area contributed by atoms with E-state index in [0.29, 0.717) is 0 Å². The third-order valence-corrected chi connectivity index (χ3v) is 12.4. The fourth-order valence-electron chi connectivity index (χ4n) is 8.96. The third kappa shape index (κ3) is 4.11. The van der Waals surface area contributed by atoms with Gasteiger partial charge < -0.3 is 0 Å². The van der Waals surface area contributed by atoms with Crippen LogP contribution in [-0.2, 0) is 0 Å². The van der Waals surface area contributed by atoms with Crippen LogP contribution < -0.4 is 0 Å². The molecular weight excluding hydrogens is 675 g/mol. The molecular formula is C50H29N3S. The summed E-state index contributed by atoms with van der Waals surface area (Å²) in [6, 6.07) is 61.5. The van der Waals surface area contributed by atoms with Gasteiger partial charge in [-0.2, -0.15) is 0 Å². The maximum absolute atomic E-state index is 5.39. The summed E-state index contributed by atoms with van der Waals surface area (Å²) in [7, 11) is 0. The molecule has 0 aliphatic rings. The van der Waals surface area contributed by atoms with E-state index in [1.54, 1.807) is 0 Å². The molecule has 0 fully saturated rings. The van der Waals surface area contributed by atoms with Gasteiger partial charge in [0, 0.05) is 48.6 Å². The van der Waals surface area contributed by atoms with E-state index in [-0.39, 0.29) is 0 Å². The van der Waals surface area contributed by atoms with Crippen molar-refractivity contribution in [3.63, 3.8) is 0 Å². The third-order valence-electron chi connectivity index (χ3n) is 11.2. The predicted molar refractivity (Wildman–Crippen MR) is 230 cm³/mol. The van der Waals surface area contributed by atoms with Crippen LogP contribution in [0.1, 0.15) is 0 Å². The number of hydrogen-bond acceptors (Lipinski definition) is 3. The molecule has 0 aliphatic heterocycles. The number of pyridine rings is 2. The van der Waals surface area contributed by atoms with Gasteiger partial charge in [-0.25, -0.2) is 9.97 Å². The fourth-order valence-corrected chi connectivity index (χ4v) is 10.2. The van der Waals surface area contributed by atoms with Gasteiger partial charge >= 0.3 is 0 Å². The van der Waals surface area contributed by atoms with E-state index in [9.17, 15) is 0 Å². The van der Waals surface area contributed by atoms with Crippen molar-refractivity contribution in [2.75, 3.05) is 0 Å². The second-order valence-electron chi connectivity index (χ2n) is 14.1. The molecule has 0 aliphatic carbocycles. The van der Waals surface area contributed by atoms with E-state index in [2.05, 4.69) is 168 Å². The molecule has 4 heteroatoms. The van der Waals surface area contributed by atoms with E-state index < -0.39 is 0 Å². The molecule has 0 unspecified atom stereocenters. The van der Waals surface area contributed by atoms with Crippen LogP contribution in [0.2, 0.25) is 0 Å². The molecule has 0 radical (unpaired) electrons. The molecule has 0 saturated heterocycles. The highest BCUT2D eigenvalue weighted by Crippen LogP contribution is 2.51. The lowest BCUT2D eigenvalue weighted by Gasteiger charge is -2.15. The molecule has 12 aromatic rings. The van der Waals surface area contributed by atoms with Gasteiger partial charge in [0.2, 0.25) is 0 Å². The van der Waals surface area contributed by atoms with Crippen molar-refractivity contribution < 1.29 is 0 Å². The van der Waals surface area contributed by atoms with E-state index >= 15 is 0 Å². The van der Waals surface area contributed by atoms with E-state index in [1.165, 1.54) is 79.9 Å². The Morgan fingerprint density at radius 3 is 1.83 bits per heavy atom. The van der Waals surface area contributed by atoms with Crippen molar-refractivity contribution in [2.45, 2.75) is 0 Å². The largest absolute Gasteiger partial charge is 0.292 e. The Morgan fingerprint density at radius 1 is 0.426 bits per heavy atom. The van der Waals surface area contributed by atoms with Crippen molar-refractivity contribution in [2.24, 2.45) is 0 Å². The molecule has 0 bridgehead atoms. The Hall–Kier alpha value is -6.88. The van der Waals surface area contributed by atoms with Gasteiger partial charge in [0.15, 0.2) is 5.65 Å². The summed E-state index contributed by atoms with van der Waals surface area (Å²) in [6.45, 7) is 0. The first-order chi connectivity index (χ1) is 26.8. The Kier molecular flexibility index (Phi) is 6.21. The van der Waals surface area contributed by atoms with Gasteiger partial charge in [-0.15, -0.1) is 11.3 Å². The average Bonchev–Trinajstić information content (AvgIpc) is 3.80. The number of para-hydroxylation sites is 1. The Morgan fingerprint density at radius 2 is 1.04 bits per heavy atom. The number of fused-ring (bicyclic) bond motifs is 16. The first-order valence-electron chi connectivity index (χ1n) is 18.3. The summed E-state index contributed by atoms with van der Waals surface area (Å²) in [5, 5.41) is 13.8. The van der Waals surface area contributed by atoms with E-state index in [0.717, 1.165) is 33.5 Å². The number of nitrogens with zero attached hydrogens (tertiary/aromatic N) is 3. The molecule has 0 amide bonds. The van der Waals surface area contributed by atoms with E-state index in [1.807, 2.05) is 23.6 Å². The summed E-state index contributed by atoms with van der Waals surface area (Å²) >= 11 is 1.88. The van der Waals surface area contributed by atoms with Crippen LogP contribution in [-0.4, -0.2) is 14.5 Å². The molecule has 250 valence electrons. The van der Waals surface area contributed by atoms with Crippen molar-refractivity contribution in [3.8, 4) is 28.1 Å². The van der Waals surface area contributed by atoms with Crippen LogP contribution >= 0.6 is 11.3 Å². The number of aromatic nitrogens is 3. The van der Waals surface area contributed by atoms with Gasteiger partial charge in [0.25, 0.3) is 0 Å². The summed E-state index contributed by atoms with van der Waals surface area (Å²) in [4.78, 5) is 10.3. The highest BCUT2D eigenvalue weighted by atomic mass is 32.1. The maximum atomic E-state index is 5.39. The molecule has 4 aromatic heterocycles. The number of hydrogen-bond donors (Lipinski definition) is 0. The Balaban J connectivity index is 1.30. The summed E-state index contributed by atoms with van der Waals surface area (Å²) in [5.74, 6) is 0.857. The van der Waals surface area contributed by atoms with Crippen molar-refractivity contribution in [1.82, 2.24) is 14.5 Å². The number of benzene rings is 8. The minimum absolute atomic E-state index is 0.728. The molecule has 3 nitrogen and oxygen atoms in total. The van der Waals surface area contributed by atoms with Crippen LogP contribution in [0.4, 0.5) is 0 Å². The van der Waals surface area contributed by atoms with Crippen LogP contribution in [0.3, 0.4) is 0 Å². The molecule has 54 heavy (non-hydrogen) atoms. The summed E-state index contributed by atoms with van der Waals surface area (Å²) in [6.07, 6.45) is 1.85. The van der Waals surface area contributed by atoms with Crippen LogP contribution in [0.5, 0.6) is 0 Å². The minimum atomic E-state index is 0.728. The van der Waals surface area contributed by atoms with Gasteiger partial charge in [-0.3, -0.25) is 4.57 Å². The molecule has 0 saturated carbocycles. The minimum Gasteiger partial charge on any atom is -0.292 e. The Labute approximate surface area is 314 Å². The van der Waals surface area contributed by atoms with Crippen LogP contribution in [0.25, 0.3) is 113 Å². The molecule has 0 N–H and O–H groups in total. The van der Waals surface area contributed by atoms with Gasteiger partial charge in [-0.1, -0.05) is 133 Å². The first-order valence-corrected chi connectivity index (χ1v) is 19.1. The molecule has 8 aromatic carbocycles.